The molecule has 0 atom stereocenters. The first-order valence-electron chi connectivity index (χ1n) is 5.21. The minimum atomic E-state index is -6.00. The van der Waals surface area contributed by atoms with Crippen molar-refractivity contribution in [3.63, 3.8) is 0 Å². The minimum absolute atomic E-state index is 0.195. The Morgan fingerprint density at radius 3 is 2.33 bits per heavy atom. The number of benzene rings is 1. The number of hydrogen-bond donors (Lipinski definition) is 0. The quantitative estimate of drug-likeness (QED) is 0.407. The second-order valence-corrected chi connectivity index (χ2v) is 4.35. The third-order valence-electron chi connectivity index (χ3n) is 2.16. The number of ether oxygens (including phenoxy) is 1. The Balaban J connectivity index is 0.000000383. The van der Waals surface area contributed by atoms with Gasteiger partial charge in [0.05, 0.1) is 7.11 Å². The van der Waals surface area contributed by atoms with Crippen LogP contribution in [0.5, 0.6) is 5.75 Å². The summed E-state index contributed by atoms with van der Waals surface area (Å²) < 4.78 is 58.0. The number of rotatable bonds is 1. The Labute approximate surface area is 123 Å². The maximum absolute atomic E-state index is 13.6. The summed E-state index contributed by atoms with van der Waals surface area (Å²) in [5.41, 5.74) is 0.431. The van der Waals surface area contributed by atoms with Gasteiger partial charge in [-0.25, -0.2) is 9.37 Å². The molecule has 0 amide bonds. The summed E-state index contributed by atoms with van der Waals surface area (Å²) in [4.78, 5) is 6.91. The first-order chi connectivity index (χ1) is 9.67. The predicted octanol–water partition coefficient (Wildman–Crippen LogP) is 4.93. The number of nitrogens with zero attached hydrogens (tertiary/aromatic N) is 3. The van der Waals surface area contributed by atoms with E-state index in [9.17, 15) is 21.7 Å². The monoisotopic (exact) mass is 369 g/mol. The largest absolute Gasteiger partial charge is 0.673 e. The van der Waals surface area contributed by atoms with Crippen molar-refractivity contribution in [3.05, 3.63) is 33.6 Å². The third-order valence-corrected chi connectivity index (χ3v) is 2.99. The van der Waals surface area contributed by atoms with Crippen molar-refractivity contribution in [2.75, 3.05) is 7.11 Å². The summed E-state index contributed by atoms with van der Waals surface area (Å²) in [7, 11) is -4.55. The van der Waals surface area contributed by atoms with Gasteiger partial charge in [0, 0.05) is 11.5 Å². The molecule has 0 aliphatic rings. The van der Waals surface area contributed by atoms with Crippen LogP contribution in [0.4, 0.5) is 27.3 Å². The number of pyridine rings is 1. The number of fused-ring (bicyclic) bond motifs is 1. The van der Waals surface area contributed by atoms with Gasteiger partial charge in [0.25, 0.3) is 0 Å². The molecule has 0 aliphatic carbocycles. The van der Waals surface area contributed by atoms with Gasteiger partial charge in [-0.15, -0.1) is 0 Å². The molecule has 1 aromatic carbocycles. The molecule has 1 heterocycles. The number of diazo groups is 1. The summed E-state index contributed by atoms with van der Waals surface area (Å²) in [5.74, 6) is -0.109. The van der Waals surface area contributed by atoms with Crippen LogP contribution in [0, 0.1) is 11.2 Å². The Morgan fingerprint density at radius 2 is 1.86 bits per heavy atom. The number of halogens is 6. The van der Waals surface area contributed by atoms with Crippen LogP contribution < -0.4 is 4.74 Å². The molecule has 112 valence electrons. The predicted molar refractivity (Wildman–Crippen MR) is 70.9 cm³/mol. The molecular weight excluding hydrogens is 364 g/mol. The number of hydrogen-bond acceptors (Lipinski definition) is 3. The molecule has 0 saturated carbocycles. The Hall–Kier alpha value is -1.96. The van der Waals surface area contributed by atoms with Gasteiger partial charge >= 0.3 is 12.9 Å². The summed E-state index contributed by atoms with van der Waals surface area (Å²) in [6.45, 7) is 0. The van der Waals surface area contributed by atoms with Gasteiger partial charge in [-0.3, -0.25) is 0 Å². The van der Waals surface area contributed by atoms with E-state index in [1.807, 2.05) is 0 Å². The van der Waals surface area contributed by atoms with Gasteiger partial charge in [-0.05, 0) is 22.0 Å². The summed E-state index contributed by atoms with van der Waals surface area (Å²) in [6, 6.07) is 2.86. The van der Waals surface area contributed by atoms with Crippen LogP contribution in [-0.4, -0.2) is 19.3 Å². The SMILES string of the molecule is COc1cc(F)c2ncc([N+]#N)c(Br)c2c1.F[B-](F)(F)F. The molecule has 0 bridgehead atoms. The van der Waals surface area contributed by atoms with Gasteiger partial charge in [-0.2, -0.15) is 0 Å². The fourth-order valence-electron chi connectivity index (χ4n) is 1.38. The van der Waals surface area contributed by atoms with Gasteiger partial charge in [0.2, 0.25) is 5.39 Å². The van der Waals surface area contributed by atoms with E-state index < -0.39 is 13.1 Å². The zero-order chi connectivity index (χ0) is 16.2. The molecule has 0 radical (unpaired) electrons. The molecule has 0 spiro atoms. The lowest BCUT2D eigenvalue weighted by atomic mass is 10.2. The van der Waals surface area contributed by atoms with Crippen LogP contribution in [-0.2, 0) is 0 Å². The lowest BCUT2D eigenvalue weighted by Gasteiger charge is -2.03. The fraction of sp³-hybridized carbons (Fsp3) is 0.100. The molecule has 2 aromatic rings. The number of aromatic nitrogens is 1. The van der Waals surface area contributed by atoms with E-state index in [0.717, 1.165) is 0 Å². The molecule has 0 unspecified atom stereocenters. The summed E-state index contributed by atoms with van der Waals surface area (Å²) in [5, 5.41) is 9.20. The van der Waals surface area contributed by atoms with Crippen molar-refractivity contribution in [2.24, 2.45) is 0 Å². The second-order valence-electron chi connectivity index (χ2n) is 3.56. The summed E-state index contributed by atoms with van der Waals surface area (Å²) >= 11 is 3.22. The normalized spacial score (nSPS) is 10.6. The van der Waals surface area contributed by atoms with E-state index >= 15 is 0 Å². The highest BCUT2D eigenvalue weighted by molar-refractivity contribution is 9.10. The molecule has 0 N–H and O–H groups in total. The molecule has 21 heavy (non-hydrogen) atoms. The average Bonchev–Trinajstić information content (AvgIpc) is 2.37. The van der Waals surface area contributed by atoms with Crippen LogP contribution in [0.15, 0.2) is 22.8 Å². The first kappa shape index (κ1) is 17.1. The molecule has 11 heteroatoms. The maximum atomic E-state index is 13.6. The average molecular weight is 370 g/mol. The molecule has 0 fully saturated rings. The standard InChI is InChI=1S/C10H6BrFN3O.BF4/c1-16-5-2-6-9(11)8(15-13)4-14-10(6)7(12)3-5;2-1(3,4)5/h2-4H,1H3;/q+1;-1. The van der Waals surface area contributed by atoms with Gasteiger partial charge < -0.3 is 22.0 Å². The zero-order valence-electron chi connectivity index (χ0n) is 10.3. The lowest BCUT2D eigenvalue weighted by Crippen LogP contribution is -2.02. The Morgan fingerprint density at radius 1 is 1.29 bits per heavy atom. The van der Waals surface area contributed by atoms with Crippen LogP contribution in [0.3, 0.4) is 0 Å². The van der Waals surface area contributed by atoms with Crippen molar-refractivity contribution in [1.82, 2.24) is 4.98 Å². The molecular formula is C10H6BBrF5N3O. The molecule has 0 saturated heterocycles. The smallest absolute Gasteiger partial charge is 0.497 e. The topological polar surface area (TPSA) is 50.3 Å². The highest BCUT2D eigenvalue weighted by Gasteiger charge is 2.20. The molecule has 1 aromatic heterocycles. The highest BCUT2D eigenvalue weighted by atomic mass is 79.9. The van der Waals surface area contributed by atoms with Gasteiger partial charge in [0.15, 0.2) is 10.8 Å². The second kappa shape index (κ2) is 6.67. The minimum Gasteiger partial charge on any atom is -0.497 e. The third kappa shape index (κ3) is 4.82. The van der Waals surface area contributed by atoms with E-state index in [1.165, 1.54) is 19.4 Å². The van der Waals surface area contributed by atoms with E-state index in [2.05, 4.69) is 25.9 Å². The van der Waals surface area contributed by atoms with Crippen LogP contribution >= 0.6 is 15.9 Å². The van der Waals surface area contributed by atoms with Crippen molar-refractivity contribution in [2.45, 2.75) is 0 Å². The van der Waals surface area contributed by atoms with Gasteiger partial charge in [-0.1, -0.05) is 0 Å². The van der Waals surface area contributed by atoms with Crippen LogP contribution in [0.25, 0.3) is 15.9 Å². The fourth-order valence-corrected chi connectivity index (χ4v) is 1.86. The molecule has 4 nitrogen and oxygen atoms in total. The van der Waals surface area contributed by atoms with Crippen molar-refractivity contribution in [3.8, 4) is 5.75 Å². The highest BCUT2D eigenvalue weighted by Crippen LogP contribution is 2.34. The Bertz CT molecular complexity index is 698. The summed E-state index contributed by atoms with van der Waals surface area (Å²) in [6.07, 6.45) is 1.28. The zero-order valence-corrected chi connectivity index (χ0v) is 11.9. The van der Waals surface area contributed by atoms with E-state index in [-0.39, 0.29) is 11.2 Å². The van der Waals surface area contributed by atoms with E-state index in [1.54, 1.807) is 6.07 Å². The van der Waals surface area contributed by atoms with Crippen molar-refractivity contribution >= 4 is 39.8 Å². The Kier molecular flexibility index (Phi) is 5.43. The van der Waals surface area contributed by atoms with E-state index in [0.29, 0.717) is 15.6 Å². The van der Waals surface area contributed by atoms with Crippen LogP contribution in [0.1, 0.15) is 0 Å². The first-order valence-corrected chi connectivity index (χ1v) is 6.00. The van der Waals surface area contributed by atoms with E-state index in [4.69, 9.17) is 10.1 Å². The lowest BCUT2D eigenvalue weighted by molar-refractivity contribution is 0.368. The molecule has 0 aliphatic heterocycles. The maximum Gasteiger partial charge on any atom is 0.673 e. The number of methoxy groups -OCH3 is 1. The van der Waals surface area contributed by atoms with Crippen molar-refractivity contribution < 1.29 is 26.4 Å². The molecule has 2 rings (SSSR count). The van der Waals surface area contributed by atoms with Crippen LogP contribution in [0.2, 0.25) is 0 Å². The van der Waals surface area contributed by atoms with Gasteiger partial charge in [0.1, 0.15) is 21.9 Å². The van der Waals surface area contributed by atoms with Crippen molar-refractivity contribution in [1.29, 1.82) is 5.39 Å².